The Labute approximate surface area is 359 Å². The van der Waals surface area contributed by atoms with Crippen LogP contribution in [-0.4, -0.2) is 19.1 Å². The molecule has 0 bridgehead atoms. The number of pyridine rings is 2. The zero-order valence-electron chi connectivity index (χ0n) is 33.7. The molecule has 290 valence electrons. The van der Waals surface area contributed by atoms with Gasteiger partial charge in [-0.05, 0) is 95.1 Å². The van der Waals surface area contributed by atoms with Crippen LogP contribution in [0.15, 0.2) is 231 Å². The van der Waals surface area contributed by atoms with Crippen molar-refractivity contribution in [2.24, 2.45) is 0 Å². The summed E-state index contributed by atoms with van der Waals surface area (Å²) in [5.41, 5.74) is 16.8. The Morgan fingerprint density at radius 3 is 0.903 bits per heavy atom. The van der Waals surface area contributed by atoms with Gasteiger partial charge in [0, 0.05) is 44.0 Å². The predicted molar refractivity (Wildman–Crippen MR) is 258 cm³/mol. The van der Waals surface area contributed by atoms with Crippen LogP contribution in [0.5, 0.6) is 0 Å². The monoisotopic (exact) mass is 790 g/mol. The molecule has 12 rings (SSSR count). The van der Waals surface area contributed by atoms with Crippen molar-refractivity contribution in [3.63, 3.8) is 0 Å². The summed E-state index contributed by atoms with van der Waals surface area (Å²) >= 11 is 0. The normalized spacial score (nSPS) is 11.5. The third kappa shape index (κ3) is 6.08. The van der Waals surface area contributed by atoms with Crippen LogP contribution in [0.25, 0.3) is 111 Å². The maximum absolute atomic E-state index is 5.38. The number of fused-ring (bicyclic) bond motifs is 6. The zero-order valence-corrected chi connectivity index (χ0v) is 33.7. The van der Waals surface area contributed by atoms with Crippen molar-refractivity contribution in [3.05, 3.63) is 231 Å². The van der Waals surface area contributed by atoms with Crippen molar-refractivity contribution in [1.82, 2.24) is 19.1 Å². The fourth-order valence-corrected chi connectivity index (χ4v) is 9.22. The minimum atomic E-state index is 0.807. The maximum atomic E-state index is 5.38. The highest BCUT2D eigenvalue weighted by Gasteiger charge is 2.17. The Morgan fingerprint density at radius 2 is 0.532 bits per heavy atom. The molecule has 0 spiro atoms. The van der Waals surface area contributed by atoms with Crippen LogP contribution in [0.4, 0.5) is 0 Å². The molecular weight excluding hydrogens is 753 g/mol. The highest BCUT2D eigenvalue weighted by atomic mass is 15.0. The number of para-hydroxylation sites is 4. The van der Waals surface area contributed by atoms with E-state index in [4.69, 9.17) is 9.97 Å². The van der Waals surface area contributed by atoms with E-state index in [0.29, 0.717) is 0 Å². The van der Waals surface area contributed by atoms with Crippen molar-refractivity contribution in [2.45, 2.75) is 0 Å². The Kier molecular flexibility index (Phi) is 8.46. The van der Waals surface area contributed by atoms with Crippen molar-refractivity contribution in [3.8, 4) is 67.5 Å². The third-order valence-electron chi connectivity index (χ3n) is 12.1. The summed E-state index contributed by atoms with van der Waals surface area (Å²) in [5.74, 6) is 0. The van der Waals surface area contributed by atoms with E-state index in [1.165, 1.54) is 43.6 Å². The second-order valence-electron chi connectivity index (χ2n) is 15.8. The molecule has 0 aliphatic heterocycles. The molecule has 0 atom stereocenters. The number of hydrogen-bond donors (Lipinski definition) is 0. The number of rotatable bonds is 7. The minimum Gasteiger partial charge on any atom is -0.309 e. The van der Waals surface area contributed by atoms with Crippen LogP contribution < -0.4 is 0 Å². The standard InChI is InChI=1S/C58H38N4/c1-3-17-39(18-4-1)51-35-43(41-21-15-23-45(33-41)61-55-29-11-7-25-47(55)48-26-8-12-30-56(48)61)37-53(59-51)54-38-44(36-52(60-54)40-19-5-2-6-20-40)42-22-16-24-46(34-42)62-57-31-13-9-27-49(57)50-28-10-14-32-58(50)62/h1-38H. The molecule has 0 N–H and O–H groups in total. The second kappa shape index (κ2) is 14.7. The summed E-state index contributed by atoms with van der Waals surface area (Å²) in [6.45, 7) is 0. The smallest absolute Gasteiger partial charge is 0.0900 e. The summed E-state index contributed by atoms with van der Waals surface area (Å²) in [5, 5.41) is 4.97. The number of nitrogens with zero attached hydrogens (tertiary/aromatic N) is 4. The van der Waals surface area contributed by atoms with Crippen LogP contribution in [-0.2, 0) is 0 Å². The Morgan fingerprint density at radius 1 is 0.226 bits per heavy atom. The molecule has 4 nitrogen and oxygen atoms in total. The van der Waals surface area contributed by atoms with Gasteiger partial charge in [-0.2, -0.15) is 0 Å². The van der Waals surface area contributed by atoms with E-state index in [1.54, 1.807) is 0 Å². The zero-order chi connectivity index (χ0) is 41.0. The first-order valence-electron chi connectivity index (χ1n) is 21.1. The molecule has 0 saturated carbocycles. The molecule has 0 aliphatic rings. The molecule has 4 aromatic heterocycles. The average molecular weight is 791 g/mol. The molecule has 0 radical (unpaired) electrons. The molecule has 0 aliphatic carbocycles. The van der Waals surface area contributed by atoms with Gasteiger partial charge in [-0.25, -0.2) is 9.97 Å². The summed E-state index contributed by atoms with van der Waals surface area (Å²) in [6, 6.07) is 82.1. The van der Waals surface area contributed by atoms with Gasteiger partial charge >= 0.3 is 0 Å². The van der Waals surface area contributed by atoms with Crippen LogP contribution >= 0.6 is 0 Å². The van der Waals surface area contributed by atoms with E-state index in [1.807, 2.05) is 12.1 Å². The summed E-state index contributed by atoms with van der Waals surface area (Å²) in [6.07, 6.45) is 0. The summed E-state index contributed by atoms with van der Waals surface area (Å²) in [4.78, 5) is 10.8. The van der Waals surface area contributed by atoms with Crippen LogP contribution in [0.2, 0.25) is 0 Å². The highest BCUT2D eigenvalue weighted by Crippen LogP contribution is 2.38. The Balaban J connectivity index is 1.04. The van der Waals surface area contributed by atoms with Gasteiger partial charge in [0.2, 0.25) is 0 Å². The molecule has 0 unspecified atom stereocenters. The lowest BCUT2D eigenvalue weighted by molar-refractivity contribution is 1.18. The first-order valence-corrected chi connectivity index (χ1v) is 21.1. The molecule has 8 aromatic carbocycles. The van der Waals surface area contributed by atoms with Gasteiger partial charge in [0.05, 0.1) is 44.8 Å². The molecule has 12 aromatic rings. The Hall–Kier alpha value is -8.34. The lowest BCUT2D eigenvalue weighted by atomic mass is 9.98. The molecular formula is C58H38N4. The molecule has 0 fully saturated rings. The first kappa shape index (κ1) is 35.6. The van der Waals surface area contributed by atoms with E-state index in [2.05, 4.69) is 228 Å². The summed E-state index contributed by atoms with van der Waals surface area (Å²) in [7, 11) is 0. The SMILES string of the molecule is c1ccc(-c2cc(-c3cccc(-n4c5ccccc5c5ccccc54)c3)cc(-c3cc(-c4cccc(-n5c6ccccc6c6ccccc65)c4)cc(-c4ccccc4)n3)n2)cc1. The van der Waals surface area contributed by atoms with Crippen LogP contribution in [0.3, 0.4) is 0 Å². The summed E-state index contributed by atoms with van der Waals surface area (Å²) < 4.78 is 4.75. The van der Waals surface area contributed by atoms with Crippen molar-refractivity contribution >= 4 is 43.6 Å². The van der Waals surface area contributed by atoms with Gasteiger partial charge < -0.3 is 9.13 Å². The van der Waals surface area contributed by atoms with Gasteiger partial charge in [0.25, 0.3) is 0 Å². The molecule has 0 amide bonds. The quantitative estimate of drug-likeness (QED) is 0.161. The van der Waals surface area contributed by atoms with Crippen molar-refractivity contribution in [1.29, 1.82) is 0 Å². The van der Waals surface area contributed by atoms with Gasteiger partial charge in [-0.15, -0.1) is 0 Å². The second-order valence-corrected chi connectivity index (χ2v) is 15.8. The fourth-order valence-electron chi connectivity index (χ4n) is 9.22. The van der Waals surface area contributed by atoms with Gasteiger partial charge in [-0.1, -0.05) is 158 Å². The van der Waals surface area contributed by atoms with E-state index < -0.39 is 0 Å². The van der Waals surface area contributed by atoms with E-state index in [9.17, 15) is 0 Å². The first-order chi connectivity index (χ1) is 30.7. The van der Waals surface area contributed by atoms with Crippen molar-refractivity contribution < 1.29 is 0 Å². The molecule has 62 heavy (non-hydrogen) atoms. The number of benzene rings is 8. The molecule has 4 heterocycles. The van der Waals surface area contributed by atoms with Crippen molar-refractivity contribution in [2.75, 3.05) is 0 Å². The third-order valence-corrected chi connectivity index (χ3v) is 12.1. The van der Waals surface area contributed by atoms with Gasteiger partial charge in [0.15, 0.2) is 0 Å². The largest absolute Gasteiger partial charge is 0.309 e. The van der Waals surface area contributed by atoms with E-state index in [-0.39, 0.29) is 0 Å². The minimum absolute atomic E-state index is 0.807. The number of hydrogen-bond acceptors (Lipinski definition) is 2. The average Bonchev–Trinajstić information content (AvgIpc) is 3.87. The van der Waals surface area contributed by atoms with Gasteiger partial charge in [-0.3, -0.25) is 0 Å². The predicted octanol–water partition coefficient (Wildman–Crippen LogP) is 15.0. The maximum Gasteiger partial charge on any atom is 0.0900 e. The lowest BCUT2D eigenvalue weighted by Gasteiger charge is -2.15. The number of aromatic nitrogens is 4. The topological polar surface area (TPSA) is 35.6 Å². The van der Waals surface area contributed by atoms with Crippen LogP contribution in [0, 0.1) is 0 Å². The molecule has 0 saturated heterocycles. The van der Waals surface area contributed by atoms with Gasteiger partial charge in [0.1, 0.15) is 0 Å². The highest BCUT2D eigenvalue weighted by molar-refractivity contribution is 6.10. The van der Waals surface area contributed by atoms with Crippen LogP contribution in [0.1, 0.15) is 0 Å². The molecule has 4 heteroatoms. The van der Waals surface area contributed by atoms with E-state index >= 15 is 0 Å². The Bertz CT molecular complexity index is 3290. The lowest BCUT2D eigenvalue weighted by Crippen LogP contribution is -1.97. The fraction of sp³-hybridized carbons (Fsp3) is 0. The van der Waals surface area contributed by atoms with E-state index in [0.717, 1.165) is 67.5 Å².